The Labute approximate surface area is 243 Å². The molecule has 0 bridgehead atoms. The first-order chi connectivity index (χ1) is 18.8. The van der Waals surface area contributed by atoms with Gasteiger partial charge in [0.05, 0.1) is 22.2 Å². The highest BCUT2D eigenvalue weighted by molar-refractivity contribution is 6.42. The van der Waals surface area contributed by atoms with Gasteiger partial charge in [-0.05, 0) is 61.7 Å². The second-order valence-corrected chi connectivity index (χ2v) is 11.5. The Morgan fingerprint density at radius 3 is 2.27 bits per heavy atom. The summed E-state index contributed by atoms with van der Waals surface area (Å²) in [5, 5.41) is 0.846. The van der Waals surface area contributed by atoms with E-state index in [2.05, 4.69) is 4.90 Å². The molecule has 0 saturated carbocycles. The Morgan fingerprint density at radius 1 is 1.05 bits per heavy atom. The number of hydrogen-bond acceptors (Lipinski definition) is 4. The molecule has 3 atom stereocenters. The molecule has 218 valence electrons. The van der Waals surface area contributed by atoms with Crippen LogP contribution in [0.5, 0.6) is 5.75 Å². The molecule has 2 aromatic rings. The van der Waals surface area contributed by atoms with Gasteiger partial charge in [0.15, 0.2) is 0 Å². The van der Waals surface area contributed by atoms with Gasteiger partial charge in [0, 0.05) is 58.0 Å². The third kappa shape index (κ3) is 7.22. The quantitative estimate of drug-likeness (QED) is 0.394. The van der Waals surface area contributed by atoms with Crippen LogP contribution in [0.1, 0.15) is 43.7 Å². The lowest BCUT2D eigenvalue weighted by atomic mass is 9.85. The highest BCUT2D eigenvalue weighted by Gasteiger charge is 2.41. The zero-order valence-corrected chi connectivity index (χ0v) is 24.3. The van der Waals surface area contributed by atoms with Crippen molar-refractivity contribution in [3.63, 3.8) is 0 Å². The highest BCUT2D eigenvalue weighted by atomic mass is 35.5. The molecule has 2 heterocycles. The van der Waals surface area contributed by atoms with Gasteiger partial charge in [-0.25, -0.2) is 0 Å². The van der Waals surface area contributed by atoms with Crippen LogP contribution in [0.3, 0.4) is 0 Å². The topological polar surface area (TPSA) is 53.1 Å². The van der Waals surface area contributed by atoms with E-state index in [0.29, 0.717) is 28.9 Å². The van der Waals surface area contributed by atoms with Gasteiger partial charge >= 0.3 is 6.18 Å². The fourth-order valence-electron chi connectivity index (χ4n) is 5.64. The number of carbonyl (C=O) groups is 2. The Morgan fingerprint density at radius 2 is 1.70 bits per heavy atom. The molecule has 2 fully saturated rings. The van der Waals surface area contributed by atoms with Gasteiger partial charge in [-0.1, -0.05) is 29.3 Å². The first kappa shape index (κ1) is 30.5. The van der Waals surface area contributed by atoms with E-state index in [-0.39, 0.29) is 36.2 Å². The lowest BCUT2D eigenvalue weighted by Gasteiger charge is -2.36. The third-order valence-corrected chi connectivity index (χ3v) is 8.90. The molecule has 2 aliphatic rings. The van der Waals surface area contributed by atoms with Gasteiger partial charge < -0.3 is 14.5 Å². The molecular weight excluding hydrogens is 566 g/mol. The van der Waals surface area contributed by atoms with Gasteiger partial charge in [0.1, 0.15) is 11.9 Å². The summed E-state index contributed by atoms with van der Waals surface area (Å²) >= 11 is 12.5. The van der Waals surface area contributed by atoms with E-state index in [0.717, 1.165) is 43.6 Å². The average molecular weight is 601 g/mol. The van der Waals surface area contributed by atoms with Crippen molar-refractivity contribution in [3.8, 4) is 5.75 Å². The van der Waals surface area contributed by atoms with Crippen LogP contribution in [0.15, 0.2) is 42.5 Å². The maximum atomic E-state index is 13.4. The number of ether oxygens (including phenoxy) is 1. The SMILES string of the molecule is CC(=O)N(C)C1CCN(CC(=O)N2C[C@@H]([C@@H](C)Oc3ccc(C(F)(F)F)cc3)[C@H](c3ccc(Cl)c(Cl)c3)C2)CC1. The Balaban J connectivity index is 1.45. The van der Waals surface area contributed by atoms with E-state index in [4.69, 9.17) is 27.9 Å². The van der Waals surface area contributed by atoms with Crippen LogP contribution in [0.4, 0.5) is 13.2 Å². The summed E-state index contributed by atoms with van der Waals surface area (Å²) in [4.78, 5) is 30.8. The minimum absolute atomic E-state index is 0.00710. The zero-order valence-electron chi connectivity index (χ0n) is 22.8. The number of benzene rings is 2. The van der Waals surface area contributed by atoms with E-state index in [1.54, 1.807) is 24.0 Å². The number of rotatable bonds is 7. The van der Waals surface area contributed by atoms with E-state index < -0.39 is 17.8 Å². The molecule has 0 N–H and O–H groups in total. The Hall–Kier alpha value is -2.49. The van der Waals surface area contributed by atoms with Crippen LogP contribution in [0, 0.1) is 5.92 Å². The van der Waals surface area contributed by atoms with Crippen LogP contribution >= 0.6 is 23.2 Å². The van der Waals surface area contributed by atoms with Gasteiger partial charge in [0.25, 0.3) is 0 Å². The molecule has 2 amide bonds. The van der Waals surface area contributed by atoms with Crippen molar-refractivity contribution in [1.82, 2.24) is 14.7 Å². The van der Waals surface area contributed by atoms with Crippen molar-refractivity contribution in [1.29, 1.82) is 0 Å². The third-order valence-electron chi connectivity index (χ3n) is 8.16. The number of carbonyl (C=O) groups excluding carboxylic acids is 2. The normalized spacial score (nSPS) is 21.4. The molecule has 2 saturated heterocycles. The summed E-state index contributed by atoms with van der Waals surface area (Å²) in [5.41, 5.74) is 0.182. The van der Waals surface area contributed by atoms with E-state index in [9.17, 15) is 22.8 Å². The predicted molar refractivity (Wildman–Crippen MR) is 149 cm³/mol. The zero-order chi connectivity index (χ0) is 29.2. The van der Waals surface area contributed by atoms with Crippen molar-refractivity contribution < 1.29 is 27.5 Å². The van der Waals surface area contributed by atoms with Gasteiger partial charge in [-0.15, -0.1) is 0 Å². The molecule has 40 heavy (non-hydrogen) atoms. The summed E-state index contributed by atoms with van der Waals surface area (Å²) in [6.07, 6.45) is -3.19. The molecule has 0 aromatic heterocycles. The molecule has 0 radical (unpaired) electrons. The van der Waals surface area contributed by atoms with Crippen LogP contribution in [-0.2, 0) is 15.8 Å². The number of nitrogens with zero attached hydrogens (tertiary/aromatic N) is 3. The molecule has 2 aliphatic heterocycles. The first-order valence-corrected chi connectivity index (χ1v) is 14.1. The largest absolute Gasteiger partial charge is 0.490 e. The van der Waals surface area contributed by atoms with Gasteiger partial charge in [-0.2, -0.15) is 13.2 Å². The summed E-state index contributed by atoms with van der Waals surface area (Å²) in [5.74, 6) is 0.152. The maximum absolute atomic E-state index is 13.4. The standard InChI is InChI=1S/C29H34Cl2F3N3O3/c1-18(40-23-7-5-21(6-8-23)29(32,33)34)24-15-37(16-25(24)20-4-9-26(30)27(31)14-20)28(39)17-36-12-10-22(11-13-36)35(3)19(2)38/h4-9,14,18,22,24-25H,10-13,15-17H2,1-3H3/t18-,24+,25+/m1/s1. The summed E-state index contributed by atoms with van der Waals surface area (Å²) < 4.78 is 45.0. The van der Waals surface area contributed by atoms with Crippen LogP contribution < -0.4 is 4.74 Å². The van der Waals surface area contributed by atoms with Gasteiger partial charge in [-0.3, -0.25) is 14.5 Å². The van der Waals surface area contributed by atoms with Crippen molar-refractivity contribution in [3.05, 3.63) is 63.6 Å². The molecule has 2 aromatic carbocycles. The molecule has 0 unspecified atom stereocenters. The highest BCUT2D eigenvalue weighted by Crippen LogP contribution is 2.39. The lowest BCUT2D eigenvalue weighted by Crippen LogP contribution is -2.48. The number of amides is 2. The average Bonchev–Trinajstić information content (AvgIpc) is 3.36. The van der Waals surface area contributed by atoms with Crippen LogP contribution in [-0.4, -0.2) is 78.4 Å². The summed E-state index contributed by atoms with van der Waals surface area (Å²) in [7, 11) is 1.81. The minimum atomic E-state index is -4.42. The number of alkyl halides is 3. The summed E-state index contributed by atoms with van der Waals surface area (Å²) in [6, 6.07) is 10.2. The first-order valence-electron chi connectivity index (χ1n) is 13.4. The van der Waals surface area contributed by atoms with Crippen molar-refractivity contribution in [2.45, 2.75) is 50.9 Å². The summed E-state index contributed by atoms with van der Waals surface area (Å²) in [6.45, 7) is 6.08. The van der Waals surface area contributed by atoms with Crippen LogP contribution in [0.25, 0.3) is 0 Å². The predicted octanol–water partition coefficient (Wildman–Crippen LogP) is 5.96. The molecule has 11 heteroatoms. The van der Waals surface area contributed by atoms with Crippen molar-refractivity contribution in [2.24, 2.45) is 5.92 Å². The number of likely N-dealkylation sites (tertiary alicyclic amines) is 2. The Kier molecular flexibility index (Phi) is 9.58. The number of halogens is 5. The minimum Gasteiger partial charge on any atom is -0.490 e. The lowest BCUT2D eigenvalue weighted by molar-refractivity contribution is -0.137. The monoisotopic (exact) mass is 599 g/mol. The van der Waals surface area contributed by atoms with Crippen molar-refractivity contribution in [2.75, 3.05) is 39.8 Å². The maximum Gasteiger partial charge on any atom is 0.416 e. The van der Waals surface area contributed by atoms with E-state index >= 15 is 0 Å². The van der Waals surface area contributed by atoms with Crippen LogP contribution in [0.2, 0.25) is 10.0 Å². The Bertz CT molecular complexity index is 1200. The molecule has 0 aliphatic carbocycles. The smallest absolute Gasteiger partial charge is 0.416 e. The molecular formula is C29H34Cl2F3N3O3. The fourth-order valence-corrected chi connectivity index (χ4v) is 5.95. The molecule has 6 nitrogen and oxygen atoms in total. The van der Waals surface area contributed by atoms with Crippen molar-refractivity contribution >= 4 is 35.0 Å². The molecule has 0 spiro atoms. The van der Waals surface area contributed by atoms with E-state index in [1.165, 1.54) is 12.1 Å². The number of piperidine rings is 1. The van der Waals surface area contributed by atoms with E-state index in [1.807, 2.05) is 24.9 Å². The fraction of sp³-hybridized carbons (Fsp3) is 0.517. The second kappa shape index (κ2) is 12.6. The number of hydrogen-bond donors (Lipinski definition) is 0. The van der Waals surface area contributed by atoms with Gasteiger partial charge in [0.2, 0.25) is 11.8 Å². The molecule has 4 rings (SSSR count). The second-order valence-electron chi connectivity index (χ2n) is 10.7.